The molecule has 0 N–H and O–H groups in total. The van der Waals surface area contributed by atoms with E-state index in [9.17, 15) is 4.79 Å². The van der Waals surface area contributed by atoms with Crippen LogP contribution < -0.4 is 0 Å². The van der Waals surface area contributed by atoms with Gasteiger partial charge in [-0.1, -0.05) is 0 Å². The maximum absolute atomic E-state index is 10.9. The summed E-state index contributed by atoms with van der Waals surface area (Å²) >= 11 is 5.07. The average Bonchev–Trinajstić information content (AvgIpc) is 1.80. The Bertz CT molecular complexity index is 184. The second kappa shape index (κ2) is 2.86. The van der Waals surface area contributed by atoms with E-state index in [1.165, 1.54) is 0 Å². The molecule has 0 saturated heterocycles. The van der Waals surface area contributed by atoms with Crippen LogP contribution in [0.25, 0.3) is 0 Å². The summed E-state index contributed by atoms with van der Waals surface area (Å²) in [5, 5.41) is 0. The first-order valence-electron chi connectivity index (χ1n) is 4.50. The Labute approximate surface area is 56.5 Å². The normalized spacial score (nSPS) is 24.7. The summed E-state index contributed by atoms with van der Waals surface area (Å²) < 4.78 is 40.8. The fourth-order valence-electron chi connectivity index (χ4n) is 0.0598. The number of halogens is 1. The lowest BCUT2D eigenvalue weighted by molar-refractivity contribution is -0.126. The van der Waals surface area contributed by atoms with Gasteiger partial charge in [0.05, 0.1) is 0 Å². The van der Waals surface area contributed by atoms with E-state index in [-0.39, 0.29) is 4.90 Å². The standard InChI is InChI=1S/C4H8ClNO/c1-6(2)4(7)3-5/h3H2,1-2H3/i1D3,2D3. The minimum Gasteiger partial charge on any atom is -0.348 e. The van der Waals surface area contributed by atoms with Crippen molar-refractivity contribution in [1.82, 2.24) is 4.90 Å². The first-order valence-corrected chi connectivity index (χ1v) is 2.03. The van der Waals surface area contributed by atoms with Gasteiger partial charge in [0, 0.05) is 22.2 Å². The Morgan fingerprint density at radius 3 is 2.71 bits per heavy atom. The predicted octanol–water partition coefficient (Wildman–Crippen LogP) is 0.313. The molecule has 42 valence electrons. The monoisotopic (exact) mass is 127 g/mol. The highest BCUT2D eigenvalue weighted by Crippen LogP contribution is 1.80. The first-order chi connectivity index (χ1) is 5.60. The van der Waals surface area contributed by atoms with Crippen molar-refractivity contribution in [1.29, 1.82) is 0 Å². The molecule has 0 aromatic carbocycles. The molecule has 0 rings (SSSR count). The number of carbonyl (C=O) groups is 1. The van der Waals surface area contributed by atoms with Crippen LogP contribution in [0.5, 0.6) is 0 Å². The molecule has 0 aromatic rings. The van der Waals surface area contributed by atoms with Crippen LogP contribution in [0, 0.1) is 0 Å². The molecule has 0 unspecified atom stereocenters. The molecule has 3 heteroatoms. The average molecular weight is 128 g/mol. The summed E-state index contributed by atoms with van der Waals surface area (Å²) in [7, 11) is 0. The highest BCUT2D eigenvalue weighted by atomic mass is 35.5. The SMILES string of the molecule is [2H]C([2H])([2H])N(C(=O)CCl)C([2H])([2H])[2H]. The van der Waals surface area contributed by atoms with Crippen LogP contribution >= 0.6 is 11.6 Å². The molecule has 0 atom stereocenters. The summed E-state index contributed by atoms with van der Waals surface area (Å²) in [5.41, 5.74) is 0. The number of carbonyl (C=O) groups excluding carboxylic acids is 1. The number of rotatable bonds is 1. The van der Waals surface area contributed by atoms with Gasteiger partial charge in [0.2, 0.25) is 5.91 Å². The third-order valence-electron chi connectivity index (χ3n) is 0.364. The van der Waals surface area contributed by atoms with Crippen molar-refractivity contribution in [2.75, 3.05) is 19.8 Å². The molecule has 0 bridgehead atoms. The van der Waals surface area contributed by atoms with Crippen LogP contribution in [-0.2, 0) is 4.79 Å². The number of hydrogen-bond acceptors (Lipinski definition) is 1. The summed E-state index contributed by atoms with van der Waals surface area (Å²) in [6.07, 6.45) is 0. The third kappa shape index (κ3) is 2.45. The van der Waals surface area contributed by atoms with Crippen LogP contribution in [0.15, 0.2) is 0 Å². The molecule has 0 saturated carbocycles. The third-order valence-corrected chi connectivity index (χ3v) is 0.592. The van der Waals surface area contributed by atoms with Crippen LogP contribution in [0.3, 0.4) is 0 Å². The maximum atomic E-state index is 10.9. The van der Waals surface area contributed by atoms with Gasteiger partial charge in [-0.3, -0.25) is 4.79 Å². The van der Waals surface area contributed by atoms with Crippen molar-refractivity contribution in [3.63, 3.8) is 0 Å². The first kappa shape index (κ1) is 1.62. The van der Waals surface area contributed by atoms with Crippen molar-refractivity contribution < 1.29 is 13.0 Å². The molecular formula is C4H8ClNO. The van der Waals surface area contributed by atoms with Gasteiger partial charge in [-0.25, -0.2) is 0 Å². The summed E-state index contributed by atoms with van der Waals surface area (Å²) in [5.74, 6) is -1.81. The summed E-state index contributed by atoms with van der Waals surface area (Å²) in [6.45, 7) is -5.98. The molecule has 7 heavy (non-hydrogen) atoms. The molecule has 0 aliphatic heterocycles. The Morgan fingerprint density at radius 1 is 2.00 bits per heavy atom. The van der Waals surface area contributed by atoms with Gasteiger partial charge in [0.15, 0.2) is 0 Å². The lowest BCUT2D eigenvalue weighted by Gasteiger charge is -2.04. The topological polar surface area (TPSA) is 20.3 Å². The number of nitrogens with zero attached hydrogens (tertiary/aromatic N) is 1. The van der Waals surface area contributed by atoms with E-state index in [4.69, 9.17) is 19.8 Å². The fraction of sp³-hybridized carbons (Fsp3) is 0.750. The summed E-state index contributed by atoms with van der Waals surface area (Å²) in [6, 6.07) is 0. The van der Waals surface area contributed by atoms with Gasteiger partial charge in [-0.05, 0) is 0 Å². The van der Waals surface area contributed by atoms with E-state index in [2.05, 4.69) is 0 Å². The van der Waals surface area contributed by atoms with Crippen LogP contribution in [0.2, 0.25) is 0 Å². The van der Waals surface area contributed by atoms with E-state index in [1.54, 1.807) is 0 Å². The summed E-state index contributed by atoms with van der Waals surface area (Å²) in [4.78, 5) is 10.7. The highest BCUT2D eigenvalue weighted by Gasteiger charge is 1.97. The largest absolute Gasteiger partial charge is 0.348 e. The van der Waals surface area contributed by atoms with E-state index < -0.39 is 25.7 Å². The molecule has 2 nitrogen and oxygen atoms in total. The van der Waals surface area contributed by atoms with Gasteiger partial charge in [0.1, 0.15) is 5.88 Å². The van der Waals surface area contributed by atoms with Crippen molar-refractivity contribution in [3.05, 3.63) is 0 Å². The molecule has 1 amide bonds. The zero-order chi connectivity index (χ0) is 10.9. The minimum atomic E-state index is -2.99. The van der Waals surface area contributed by atoms with Crippen molar-refractivity contribution >= 4 is 17.5 Å². The quantitative estimate of drug-likeness (QED) is 0.465. The fourth-order valence-corrected chi connectivity index (χ4v) is 0.179. The van der Waals surface area contributed by atoms with Crippen LogP contribution in [-0.4, -0.2) is 30.6 Å². The molecule has 0 fully saturated rings. The smallest absolute Gasteiger partial charge is 0.236 e. The lowest BCUT2D eigenvalue weighted by atomic mass is 10.6. The van der Waals surface area contributed by atoms with Crippen molar-refractivity contribution in [2.24, 2.45) is 0 Å². The zero-order valence-electron chi connectivity index (χ0n) is 9.44. The Balaban J connectivity index is 4.89. The molecular weight excluding hydrogens is 114 g/mol. The Kier molecular flexibility index (Phi) is 0.662. The zero-order valence-corrected chi connectivity index (χ0v) is 4.20. The second-order valence-corrected chi connectivity index (χ2v) is 1.13. The minimum absolute atomic E-state index is 0.174. The van der Waals surface area contributed by atoms with Crippen LogP contribution in [0.4, 0.5) is 0 Å². The number of amides is 1. The van der Waals surface area contributed by atoms with Gasteiger partial charge in [-0.15, -0.1) is 11.6 Å². The molecule has 0 spiro atoms. The number of hydrogen-bond donors (Lipinski definition) is 0. The molecule has 0 aliphatic rings. The van der Waals surface area contributed by atoms with E-state index >= 15 is 0 Å². The van der Waals surface area contributed by atoms with Gasteiger partial charge >= 0.3 is 0 Å². The van der Waals surface area contributed by atoms with Crippen molar-refractivity contribution in [2.45, 2.75) is 0 Å². The van der Waals surface area contributed by atoms with Crippen LogP contribution in [0.1, 0.15) is 8.22 Å². The van der Waals surface area contributed by atoms with Gasteiger partial charge < -0.3 is 4.90 Å². The Hall–Kier alpha value is -0.240. The molecule has 0 heterocycles. The van der Waals surface area contributed by atoms with E-state index in [0.717, 1.165) is 0 Å². The van der Waals surface area contributed by atoms with Gasteiger partial charge in [-0.2, -0.15) is 0 Å². The predicted molar refractivity (Wildman–Crippen MR) is 29.4 cm³/mol. The highest BCUT2D eigenvalue weighted by molar-refractivity contribution is 6.27. The Morgan fingerprint density at radius 2 is 2.57 bits per heavy atom. The van der Waals surface area contributed by atoms with E-state index in [1.807, 2.05) is 0 Å². The van der Waals surface area contributed by atoms with Crippen molar-refractivity contribution in [3.8, 4) is 0 Å². The molecule has 0 radical (unpaired) electrons. The second-order valence-electron chi connectivity index (χ2n) is 0.863. The maximum Gasteiger partial charge on any atom is 0.236 e. The number of alkyl halides is 1. The molecule has 0 aromatic heterocycles. The lowest BCUT2D eigenvalue weighted by Crippen LogP contribution is -2.22. The molecule has 0 aliphatic carbocycles. The van der Waals surface area contributed by atoms with E-state index in [0.29, 0.717) is 0 Å². The van der Waals surface area contributed by atoms with Gasteiger partial charge in [0.25, 0.3) is 0 Å².